The summed E-state index contributed by atoms with van der Waals surface area (Å²) in [5.41, 5.74) is 2.52. The number of nitrogens with one attached hydrogen (secondary N) is 1. The maximum absolute atomic E-state index is 12.5. The monoisotopic (exact) mass is 491 g/mol. The molecule has 2 aromatic carbocycles. The molecule has 0 radical (unpaired) electrons. The minimum Gasteiger partial charge on any atom is -0.379 e. The van der Waals surface area contributed by atoms with Crippen molar-refractivity contribution in [1.29, 1.82) is 0 Å². The number of hydrogen-bond acceptors (Lipinski definition) is 6. The summed E-state index contributed by atoms with van der Waals surface area (Å²) in [6, 6.07) is 12.9. The summed E-state index contributed by atoms with van der Waals surface area (Å²) < 4.78 is 7.43. The first kappa shape index (κ1) is 23.1. The second kappa shape index (κ2) is 10.7. The molecule has 7 nitrogen and oxygen atoms in total. The summed E-state index contributed by atoms with van der Waals surface area (Å²) in [6.07, 6.45) is 0. The molecule has 0 aliphatic carbocycles. The van der Waals surface area contributed by atoms with E-state index >= 15 is 0 Å². The van der Waals surface area contributed by atoms with Crippen molar-refractivity contribution in [1.82, 2.24) is 19.7 Å². The second-order valence-corrected chi connectivity index (χ2v) is 9.19. The first-order valence-corrected chi connectivity index (χ1v) is 11.9. The molecule has 1 fully saturated rings. The van der Waals surface area contributed by atoms with E-state index in [1.54, 1.807) is 12.1 Å². The van der Waals surface area contributed by atoms with E-state index in [0.29, 0.717) is 40.6 Å². The minimum absolute atomic E-state index is 0.128. The number of aromatic nitrogens is 3. The summed E-state index contributed by atoms with van der Waals surface area (Å²) >= 11 is 13.5. The number of morpholine rings is 1. The largest absolute Gasteiger partial charge is 0.379 e. The van der Waals surface area contributed by atoms with Gasteiger partial charge in [0.2, 0.25) is 5.91 Å². The number of benzene rings is 2. The van der Waals surface area contributed by atoms with E-state index in [1.165, 1.54) is 11.8 Å². The van der Waals surface area contributed by atoms with Crippen LogP contribution in [0.15, 0.2) is 47.6 Å². The Morgan fingerprint density at radius 3 is 2.59 bits per heavy atom. The van der Waals surface area contributed by atoms with Gasteiger partial charge >= 0.3 is 0 Å². The van der Waals surface area contributed by atoms with Crippen molar-refractivity contribution in [3.63, 3.8) is 0 Å². The maximum atomic E-state index is 12.5. The van der Waals surface area contributed by atoms with Gasteiger partial charge in [0.1, 0.15) is 0 Å². The lowest BCUT2D eigenvalue weighted by atomic mass is 10.2. The fourth-order valence-electron chi connectivity index (χ4n) is 3.35. The zero-order valence-electron chi connectivity index (χ0n) is 17.6. The van der Waals surface area contributed by atoms with Crippen LogP contribution in [0, 0.1) is 6.92 Å². The van der Waals surface area contributed by atoms with Gasteiger partial charge in [0.25, 0.3) is 0 Å². The molecule has 1 aliphatic rings. The molecule has 0 atom stereocenters. The van der Waals surface area contributed by atoms with Gasteiger partial charge in [-0.1, -0.05) is 35.0 Å². The summed E-state index contributed by atoms with van der Waals surface area (Å²) in [7, 11) is 0. The molecule has 2 heterocycles. The summed E-state index contributed by atoms with van der Waals surface area (Å²) in [5, 5.41) is 13.7. The number of carbonyl (C=O) groups excluding carboxylic acids is 1. The number of halogens is 2. The van der Waals surface area contributed by atoms with Crippen LogP contribution in [0.5, 0.6) is 0 Å². The van der Waals surface area contributed by atoms with E-state index in [-0.39, 0.29) is 11.7 Å². The molecule has 3 aromatic rings. The smallest absolute Gasteiger partial charge is 0.234 e. The van der Waals surface area contributed by atoms with Crippen LogP contribution in [0.3, 0.4) is 0 Å². The molecule has 32 heavy (non-hydrogen) atoms. The predicted octanol–water partition coefficient (Wildman–Crippen LogP) is 4.45. The van der Waals surface area contributed by atoms with Gasteiger partial charge in [0, 0.05) is 34.5 Å². The Morgan fingerprint density at radius 2 is 1.88 bits per heavy atom. The molecule has 168 valence electrons. The van der Waals surface area contributed by atoms with Crippen molar-refractivity contribution in [2.45, 2.75) is 18.6 Å². The molecule has 0 saturated carbocycles. The third-order valence-electron chi connectivity index (χ3n) is 5.03. The van der Waals surface area contributed by atoms with Crippen molar-refractivity contribution in [3.05, 3.63) is 63.9 Å². The highest BCUT2D eigenvalue weighted by atomic mass is 35.5. The van der Waals surface area contributed by atoms with Crippen LogP contribution in [0.1, 0.15) is 11.4 Å². The number of hydrogen-bond donors (Lipinski definition) is 1. The van der Waals surface area contributed by atoms with Gasteiger partial charge in [0.15, 0.2) is 11.0 Å². The number of nitrogens with zero attached hydrogens (tertiary/aromatic N) is 4. The minimum atomic E-state index is -0.128. The molecule has 1 saturated heterocycles. The predicted molar refractivity (Wildman–Crippen MR) is 128 cm³/mol. The Hall–Kier alpha value is -2.10. The van der Waals surface area contributed by atoms with Crippen molar-refractivity contribution in [2.24, 2.45) is 0 Å². The van der Waals surface area contributed by atoms with Crippen LogP contribution in [0.25, 0.3) is 5.69 Å². The summed E-state index contributed by atoms with van der Waals surface area (Å²) in [4.78, 5) is 14.8. The zero-order chi connectivity index (χ0) is 22.5. The third-order valence-corrected chi connectivity index (χ3v) is 6.63. The second-order valence-electron chi connectivity index (χ2n) is 7.40. The standard InChI is InChI=1S/C22H23Cl2N5O2S/c1-15-12-17(4-7-19(15)24)25-21(30)14-32-22-27-26-20(13-28-8-10-31-11-9-28)29(22)18-5-2-16(23)3-6-18/h2-7,12H,8-11,13-14H2,1H3,(H,25,30). The lowest BCUT2D eigenvalue weighted by Crippen LogP contribution is -2.36. The topological polar surface area (TPSA) is 72.3 Å². The van der Waals surface area contributed by atoms with Gasteiger partial charge in [-0.2, -0.15) is 0 Å². The first-order valence-electron chi connectivity index (χ1n) is 10.2. The fraction of sp³-hybridized carbons (Fsp3) is 0.318. The molecule has 10 heteroatoms. The normalized spacial score (nSPS) is 14.5. The van der Waals surface area contributed by atoms with Gasteiger partial charge in [0.05, 0.1) is 25.5 Å². The average molecular weight is 492 g/mol. The zero-order valence-corrected chi connectivity index (χ0v) is 19.9. The Kier molecular flexibility index (Phi) is 7.70. The van der Waals surface area contributed by atoms with Crippen molar-refractivity contribution >= 4 is 46.6 Å². The first-order chi connectivity index (χ1) is 15.5. The third kappa shape index (κ3) is 5.82. The van der Waals surface area contributed by atoms with Crippen LogP contribution in [-0.2, 0) is 16.1 Å². The van der Waals surface area contributed by atoms with E-state index in [1.807, 2.05) is 41.8 Å². The molecule has 1 amide bonds. The van der Waals surface area contributed by atoms with E-state index in [0.717, 1.165) is 30.2 Å². The molecule has 1 N–H and O–H groups in total. The van der Waals surface area contributed by atoms with Crippen molar-refractivity contribution in [2.75, 3.05) is 37.4 Å². The van der Waals surface area contributed by atoms with E-state index in [2.05, 4.69) is 20.4 Å². The van der Waals surface area contributed by atoms with Gasteiger partial charge in [-0.05, 0) is 55.0 Å². The number of ether oxygens (including phenoxy) is 1. The average Bonchev–Trinajstić information content (AvgIpc) is 3.18. The van der Waals surface area contributed by atoms with Gasteiger partial charge < -0.3 is 10.1 Å². The van der Waals surface area contributed by atoms with Crippen LogP contribution in [-0.4, -0.2) is 57.6 Å². The number of rotatable bonds is 7. The van der Waals surface area contributed by atoms with Crippen LogP contribution in [0.4, 0.5) is 5.69 Å². The number of amides is 1. The Balaban J connectivity index is 1.50. The Bertz CT molecular complexity index is 1080. The summed E-state index contributed by atoms with van der Waals surface area (Å²) in [6.45, 7) is 5.66. The maximum Gasteiger partial charge on any atom is 0.234 e. The quantitative estimate of drug-likeness (QED) is 0.492. The molecular weight excluding hydrogens is 469 g/mol. The van der Waals surface area contributed by atoms with E-state index in [4.69, 9.17) is 27.9 Å². The van der Waals surface area contributed by atoms with Gasteiger partial charge in [-0.25, -0.2) is 0 Å². The lowest BCUT2D eigenvalue weighted by Gasteiger charge is -2.26. The Morgan fingerprint density at radius 1 is 1.12 bits per heavy atom. The van der Waals surface area contributed by atoms with Crippen LogP contribution < -0.4 is 5.32 Å². The van der Waals surface area contributed by atoms with Crippen LogP contribution in [0.2, 0.25) is 10.0 Å². The SMILES string of the molecule is Cc1cc(NC(=O)CSc2nnc(CN3CCOCC3)n2-c2ccc(Cl)cc2)ccc1Cl. The van der Waals surface area contributed by atoms with Crippen molar-refractivity contribution in [3.8, 4) is 5.69 Å². The fourth-order valence-corrected chi connectivity index (χ4v) is 4.37. The number of aryl methyl sites for hydroxylation is 1. The molecule has 0 unspecified atom stereocenters. The molecule has 0 bridgehead atoms. The van der Waals surface area contributed by atoms with E-state index in [9.17, 15) is 4.79 Å². The Labute approximate surface area is 201 Å². The highest BCUT2D eigenvalue weighted by molar-refractivity contribution is 7.99. The van der Waals surface area contributed by atoms with E-state index < -0.39 is 0 Å². The number of carbonyl (C=O) groups is 1. The molecule has 0 spiro atoms. The highest BCUT2D eigenvalue weighted by Gasteiger charge is 2.20. The van der Waals surface area contributed by atoms with Gasteiger partial charge in [-0.3, -0.25) is 14.3 Å². The molecular formula is C22H23Cl2N5O2S. The van der Waals surface area contributed by atoms with Gasteiger partial charge in [-0.15, -0.1) is 10.2 Å². The van der Waals surface area contributed by atoms with Crippen LogP contribution >= 0.6 is 35.0 Å². The molecule has 1 aliphatic heterocycles. The van der Waals surface area contributed by atoms with Crippen molar-refractivity contribution < 1.29 is 9.53 Å². The number of thioether (sulfide) groups is 1. The molecule has 1 aromatic heterocycles. The lowest BCUT2D eigenvalue weighted by molar-refractivity contribution is -0.113. The molecule has 4 rings (SSSR count). The number of anilines is 1. The summed E-state index contributed by atoms with van der Waals surface area (Å²) in [5.74, 6) is 0.882. The highest BCUT2D eigenvalue weighted by Crippen LogP contribution is 2.25.